The molecule has 100 valence electrons. The van der Waals surface area contributed by atoms with Crippen molar-refractivity contribution in [2.75, 3.05) is 0 Å². The highest BCUT2D eigenvalue weighted by Crippen LogP contribution is 2.54. The maximum absolute atomic E-state index is 11.7. The van der Waals surface area contributed by atoms with E-state index < -0.39 is 0 Å². The van der Waals surface area contributed by atoms with E-state index in [-0.39, 0.29) is 23.4 Å². The van der Waals surface area contributed by atoms with Gasteiger partial charge >= 0.3 is 5.97 Å². The Morgan fingerprint density at radius 2 is 2.00 bits per heavy atom. The minimum Gasteiger partial charge on any atom is -0.297 e. The molecule has 1 spiro atoms. The average Bonchev–Trinajstić information content (AvgIpc) is 2.34. The van der Waals surface area contributed by atoms with E-state index in [2.05, 4.69) is 19.9 Å². The largest absolute Gasteiger partial charge is 0.345 e. The molecule has 3 nitrogen and oxygen atoms in total. The van der Waals surface area contributed by atoms with E-state index in [0.29, 0.717) is 11.8 Å². The van der Waals surface area contributed by atoms with Crippen LogP contribution in [0.3, 0.4) is 0 Å². The molecule has 5 atom stereocenters. The third-order valence-electron chi connectivity index (χ3n) is 5.34. The molecule has 3 rings (SSSR count). The highest BCUT2D eigenvalue weighted by atomic mass is 17.2. The van der Waals surface area contributed by atoms with Gasteiger partial charge in [0.15, 0.2) is 0 Å². The van der Waals surface area contributed by atoms with Crippen LogP contribution in [0.15, 0.2) is 11.6 Å². The molecule has 0 aromatic carbocycles. The van der Waals surface area contributed by atoms with Gasteiger partial charge < -0.3 is 0 Å². The van der Waals surface area contributed by atoms with Gasteiger partial charge in [0.05, 0.1) is 5.92 Å². The summed E-state index contributed by atoms with van der Waals surface area (Å²) in [5, 5.41) is 0. The first-order valence-electron chi connectivity index (χ1n) is 7.12. The van der Waals surface area contributed by atoms with Crippen LogP contribution in [0.2, 0.25) is 0 Å². The SMILES string of the molecule is CC1=C[C@]23OOC(=O)[C@H](C)[C@@H]2CC[C@@H](C)[C@@H]3CC1. The summed E-state index contributed by atoms with van der Waals surface area (Å²) >= 11 is 0. The molecular weight excluding hydrogens is 228 g/mol. The van der Waals surface area contributed by atoms with Crippen LogP contribution < -0.4 is 0 Å². The molecule has 0 amide bonds. The lowest BCUT2D eigenvalue weighted by Gasteiger charge is -2.54. The molecule has 2 fully saturated rings. The minimum absolute atomic E-state index is 0.0455. The zero-order valence-electron chi connectivity index (χ0n) is 11.4. The minimum atomic E-state index is -0.340. The number of rotatable bonds is 0. The van der Waals surface area contributed by atoms with Gasteiger partial charge in [-0.25, -0.2) is 4.79 Å². The fourth-order valence-corrected chi connectivity index (χ4v) is 4.30. The summed E-state index contributed by atoms with van der Waals surface area (Å²) in [5.74, 6) is 1.19. The van der Waals surface area contributed by atoms with Crippen LogP contribution in [0.4, 0.5) is 0 Å². The monoisotopic (exact) mass is 250 g/mol. The van der Waals surface area contributed by atoms with E-state index in [9.17, 15) is 4.79 Å². The van der Waals surface area contributed by atoms with Crippen LogP contribution in [0.1, 0.15) is 46.5 Å². The van der Waals surface area contributed by atoms with Gasteiger partial charge in [0, 0.05) is 5.92 Å². The summed E-state index contributed by atoms with van der Waals surface area (Å²) in [6, 6.07) is 0. The Balaban J connectivity index is 2.04. The zero-order valence-corrected chi connectivity index (χ0v) is 11.4. The van der Waals surface area contributed by atoms with Gasteiger partial charge in [-0.2, -0.15) is 4.89 Å². The van der Waals surface area contributed by atoms with Crippen LogP contribution in [-0.4, -0.2) is 11.6 Å². The van der Waals surface area contributed by atoms with Gasteiger partial charge in [-0.3, -0.25) is 4.89 Å². The predicted octanol–water partition coefficient (Wildman–Crippen LogP) is 3.25. The molecule has 0 unspecified atom stereocenters. The number of hydrogen-bond donors (Lipinski definition) is 0. The third kappa shape index (κ3) is 1.56. The topological polar surface area (TPSA) is 35.5 Å². The fourth-order valence-electron chi connectivity index (χ4n) is 4.30. The molecule has 1 heterocycles. The Labute approximate surface area is 108 Å². The number of carbonyl (C=O) groups is 1. The zero-order chi connectivity index (χ0) is 12.9. The fraction of sp³-hybridized carbons (Fsp3) is 0.800. The van der Waals surface area contributed by atoms with Crippen LogP contribution in [0, 0.1) is 23.7 Å². The molecule has 0 radical (unpaired) electrons. The van der Waals surface area contributed by atoms with Crippen molar-refractivity contribution in [2.45, 2.75) is 52.1 Å². The van der Waals surface area contributed by atoms with Gasteiger partial charge in [0.1, 0.15) is 5.60 Å². The Hall–Kier alpha value is -0.830. The Bertz CT molecular complexity index is 401. The van der Waals surface area contributed by atoms with Crippen molar-refractivity contribution in [3.63, 3.8) is 0 Å². The molecular formula is C15H22O3. The molecule has 0 aromatic rings. The number of carbonyl (C=O) groups excluding carboxylic acids is 1. The van der Waals surface area contributed by atoms with Crippen molar-refractivity contribution < 1.29 is 14.6 Å². The first-order valence-corrected chi connectivity index (χ1v) is 7.12. The van der Waals surface area contributed by atoms with Crippen molar-refractivity contribution in [3.05, 3.63) is 11.6 Å². The Morgan fingerprint density at radius 1 is 1.22 bits per heavy atom. The van der Waals surface area contributed by atoms with E-state index in [1.807, 2.05) is 6.92 Å². The van der Waals surface area contributed by atoms with E-state index in [4.69, 9.17) is 9.78 Å². The van der Waals surface area contributed by atoms with Gasteiger partial charge in [-0.05, 0) is 50.5 Å². The molecule has 2 aliphatic carbocycles. The van der Waals surface area contributed by atoms with Crippen molar-refractivity contribution in [3.8, 4) is 0 Å². The summed E-state index contributed by atoms with van der Waals surface area (Å²) in [5.41, 5.74) is 1.03. The Kier molecular flexibility index (Phi) is 2.77. The predicted molar refractivity (Wildman–Crippen MR) is 67.4 cm³/mol. The molecule has 18 heavy (non-hydrogen) atoms. The summed E-state index contributed by atoms with van der Waals surface area (Å²) in [6.45, 7) is 6.45. The van der Waals surface area contributed by atoms with Crippen LogP contribution >= 0.6 is 0 Å². The second-order valence-electron chi connectivity index (χ2n) is 6.42. The van der Waals surface area contributed by atoms with Crippen molar-refractivity contribution >= 4 is 5.97 Å². The molecule has 1 saturated heterocycles. The standard InChI is InChI=1S/C15H22O3/c1-9-4-6-12-10(2)5-7-13-11(3)14(16)17-18-15(12,13)8-9/h8,10-13H,4-7H2,1-3H3/t10-,11-,12+,13+,15-/m1/s1. The lowest BCUT2D eigenvalue weighted by atomic mass is 9.57. The number of allylic oxidation sites excluding steroid dienone is 1. The average molecular weight is 250 g/mol. The summed E-state index contributed by atoms with van der Waals surface area (Å²) < 4.78 is 0. The van der Waals surface area contributed by atoms with Gasteiger partial charge in [0.2, 0.25) is 0 Å². The molecule has 1 saturated carbocycles. The lowest BCUT2D eigenvalue weighted by Crippen LogP contribution is -2.59. The maximum Gasteiger partial charge on any atom is 0.345 e. The first-order chi connectivity index (χ1) is 8.54. The highest BCUT2D eigenvalue weighted by Gasteiger charge is 2.58. The lowest BCUT2D eigenvalue weighted by molar-refractivity contribution is -0.380. The summed E-state index contributed by atoms with van der Waals surface area (Å²) in [6.07, 6.45) is 6.83. The molecule has 3 aliphatic rings. The van der Waals surface area contributed by atoms with E-state index >= 15 is 0 Å². The third-order valence-corrected chi connectivity index (χ3v) is 5.34. The van der Waals surface area contributed by atoms with Crippen LogP contribution in [-0.2, 0) is 14.6 Å². The maximum atomic E-state index is 11.7. The van der Waals surface area contributed by atoms with Crippen molar-refractivity contribution in [2.24, 2.45) is 23.7 Å². The molecule has 3 heteroatoms. The Morgan fingerprint density at radius 3 is 2.78 bits per heavy atom. The second kappa shape index (κ2) is 4.09. The van der Waals surface area contributed by atoms with Gasteiger partial charge in [0.25, 0.3) is 0 Å². The second-order valence-corrected chi connectivity index (χ2v) is 6.42. The van der Waals surface area contributed by atoms with Gasteiger partial charge in [-0.15, -0.1) is 0 Å². The molecule has 0 N–H and O–H groups in total. The van der Waals surface area contributed by atoms with Crippen LogP contribution in [0.5, 0.6) is 0 Å². The van der Waals surface area contributed by atoms with Crippen LogP contribution in [0.25, 0.3) is 0 Å². The van der Waals surface area contributed by atoms with E-state index in [1.54, 1.807) is 0 Å². The smallest absolute Gasteiger partial charge is 0.297 e. The summed E-state index contributed by atoms with van der Waals surface area (Å²) in [7, 11) is 0. The normalized spacial score (nSPS) is 47.7. The van der Waals surface area contributed by atoms with E-state index in [0.717, 1.165) is 19.3 Å². The van der Waals surface area contributed by atoms with E-state index in [1.165, 1.54) is 12.0 Å². The van der Waals surface area contributed by atoms with Crippen molar-refractivity contribution in [1.29, 1.82) is 0 Å². The first kappa shape index (κ1) is 12.2. The highest BCUT2D eigenvalue weighted by molar-refractivity contribution is 5.72. The molecule has 1 aliphatic heterocycles. The van der Waals surface area contributed by atoms with Crippen molar-refractivity contribution in [1.82, 2.24) is 0 Å². The molecule has 0 bridgehead atoms. The summed E-state index contributed by atoms with van der Waals surface area (Å²) in [4.78, 5) is 22.4. The number of hydrogen-bond acceptors (Lipinski definition) is 3. The molecule has 0 aromatic heterocycles. The quantitative estimate of drug-likeness (QED) is 0.489. The van der Waals surface area contributed by atoms with Gasteiger partial charge in [-0.1, -0.05) is 19.4 Å².